The van der Waals surface area contributed by atoms with Crippen LogP contribution in [0.3, 0.4) is 0 Å². The number of carbonyl (C=O) groups excluding carboxylic acids is 1. The van der Waals surface area contributed by atoms with Crippen LogP contribution in [0.4, 0.5) is 13.2 Å². The highest BCUT2D eigenvalue weighted by atomic mass is 19.4. The summed E-state index contributed by atoms with van der Waals surface area (Å²) in [5.74, 6) is -0.134. The molecule has 1 amide bonds. The largest absolute Gasteiger partial charge is 0.416 e. The third-order valence-corrected chi connectivity index (χ3v) is 2.97. The molecule has 1 aliphatic heterocycles. The summed E-state index contributed by atoms with van der Waals surface area (Å²) < 4.78 is 37.4. The summed E-state index contributed by atoms with van der Waals surface area (Å²) in [6, 6.07) is 4.39. The Morgan fingerprint density at radius 2 is 1.75 bits per heavy atom. The van der Waals surface area contributed by atoms with Crippen LogP contribution in [0, 0.1) is 0 Å². The topological polar surface area (TPSA) is 41.9 Å². The fraction of sp³-hybridized carbons (Fsp3) is 0.385. The molecule has 1 aromatic rings. The van der Waals surface area contributed by atoms with E-state index in [-0.39, 0.29) is 11.7 Å². The number of rotatable bonds is 1. The van der Waals surface area contributed by atoms with Gasteiger partial charge in [0.2, 0.25) is 5.60 Å². The van der Waals surface area contributed by atoms with Gasteiger partial charge in [0.25, 0.3) is 5.91 Å². The van der Waals surface area contributed by atoms with Crippen LogP contribution < -0.4 is 0 Å². The highest BCUT2D eigenvalue weighted by Gasteiger charge is 2.39. The van der Waals surface area contributed by atoms with E-state index in [0.717, 1.165) is 12.1 Å². The molecule has 2 rings (SSSR count). The molecule has 108 valence electrons. The lowest BCUT2D eigenvalue weighted by atomic mass is 10.1. The van der Waals surface area contributed by atoms with Crippen LogP contribution in [0.25, 0.3) is 0 Å². The maximum absolute atomic E-state index is 12.5. The van der Waals surface area contributed by atoms with Gasteiger partial charge in [0.1, 0.15) is 0 Å². The number of likely N-dealkylation sites (N-methyl/N-ethyl adjacent to an activating group) is 1. The molecule has 0 N–H and O–H groups in total. The number of halogens is 3. The average Bonchev–Trinajstić information content (AvgIpc) is 2.35. The smallest absolute Gasteiger partial charge is 0.378 e. The Morgan fingerprint density at radius 3 is 2.25 bits per heavy atom. The molecule has 0 aliphatic carbocycles. The summed E-state index contributed by atoms with van der Waals surface area (Å²) in [5.41, 5.74) is -1.46. The molecule has 0 saturated carbocycles. The molecule has 1 heterocycles. The van der Waals surface area contributed by atoms with Gasteiger partial charge in [0.15, 0.2) is 5.84 Å². The van der Waals surface area contributed by atoms with Gasteiger partial charge in [-0.3, -0.25) is 9.69 Å². The quantitative estimate of drug-likeness (QED) is 0.796. The van der Waals surface area contributed by atoms with E-state index in [2.05, 4.69) is 5.16 Å². The van der Waals surface area contributed by atoms with Crippen molar-refractivity contribution >= 4 is 11.7 Å². The summed E-state index contributed by atoms with van der Waals surface area (Å²) in [7, 11) is 1.50. The Labute approximate surface area is 113 Å². The first kappa shape index (κ1) is 14.4. The zero-order chi connectivity index (χ0) is 15.1. The highest BCUT2D eigenvalue weighted by molar-refractivity contribution is 6.10. The second kappa shape index (κ2) is 4.50. The van der Waals surface area contributed by atoms with Crippen LogP contribution in [-0.4, -0.2) is 29.3 Å². The SMILES string of the molecule is CN1C(=O)C(C)(C)ON=C1c1ccc(C(F)(F)F)cc1. The number of benzene rings is 1. The van der Waals surface area contributed by atoms with Gasteiger partial charge in [0, 0.05) is 12.6 Å². The Balaban J connectivity index is 2.33. The fourth-order valence-corrected chi connectivity index (χ4v) is 1.81. The minimum atomic E-state index is -4.40. The number of amides is 1. The van der Waals surface area contributed by atoms with Crippen molar-refractivity contribution in [3.8, 4) is 0 Å². The van der Waals surface area contributed by atoms with E-state index < -0.39 is 17.3 Å². The monoisotopic (exact) mass is 286 g/mol. The molecule has 0 fully saturated rings. The number of carbonyl (C=O) groups is 1. The molecule has 0 bridgehead atoms. The average molecular weight is 286 g/mol. The number of oxime groups is 1. The maximum atomic E-state index is 12.5. The van der Waals surface area contributed by atoms with E-state index in [0.29, 0.717) is 5.56 Å². The standard InChI is InChI=1S/C13H13F3N2O2/c1-12(2)11(19)18(3)10(17-20-12)8-4-6-9(7-5-8)13(14,15)16/h4-7H,1-3H3. The number of hydrogen-bond donors (Lipinski definition) is 0. The molecule has 0 aromatic heterocycles. The summed E-state index contributed by atoms with van der Waals surface area (Å²) in [5, 5.41) is 3.82. The van der Waals surface area contributed by atoms with Crippen molar-refractivity contribution in [2.45, 2.75) is 25.6 Å². The summed E-state index contributed by atoms with van der Waals surface area (Å²) in [6.45, 7) is 3.14. The van der Waals surface area contributed by atoms with Crippen LogP contribution in [0.15, 0.2) is 29.4 Å². The first-order chi connectivity index (χ1) is 9.13. The predicted molar refractivity (Wildman–Crippen MR) is 65.9 cm³/mol. The van der Waals surface area contributed by atoms with Gasteiger partial charge in [-0.25, -0.2) is 0 Å². The third kappa shape index (κ3) is 2.48. The number of nitrogens with zero attached hydrogens (tertiary/aromatic N) is 2. The number of amidine groups is 1. The maximum Gasteiger partial charge on any atom is 0.416 e. The third-order valence-electron chi connectivity index (χ3n) is 2.97. The molecule has 0 radical (unpaired) electrons. The van der Waals surface area contributed by atoms with Crippen LogP contribution in [-0.2, 0) is 15.8 Å². The zero-order valence-corrected chi connectivity index (χ0v) is 11.2. The van der Waals surface area contributed by atoms with Crippen molar-refractivity contribution < 1.29 is 22.8 Å². The van der Waals surface area contributed by atoms with E-state index in [1.54, 1.807) is 13.8 Å². The minimum Gasteiger partial charge on any atom is -0.378 e. The van der Waals surface area contributed by atoms with Crippen molar-refractivity contribution in [1.29, 1.82) is 0 Å². The van der Waals surface area contributed by atoms with Gasteiger partial charge in [-0.15, -0.1) is 0 Å². The van der Waals surface area contributed by atoms with Crippen molar-refractivity contribution in [3.63, 3.8) is 0 Å². The molecular formula is C13H13F3N2O2. The molecule has 7 heteroatoms. The number of hydrogen-bond acceptors (Lipinski definition) is 3. The van der Waals surface area contributed by atoms with Gasteiger partial charge in [-0.2, -0.15) is 13.2 Å². The Bertz CT molecular complexity index is 562. The van der Waals surface area contributed by atoms with Gasteiger partial charge in [-0.05, 0) is 26.0 Å². The molecule has 20 heavy (non-hydrogen) atoms. The minimum absolute atomic E-state index is 0.183. The van der Waals surface area contributed by atoms with Crippen molar-refractivity contribution in [1.82, 2.24) is 4.90 Å². The van der Waals surface area contributed by atoms with E-state index >= 15 is 0 Å². The van der Waals surface area contributed by atoms with Gasteiger partial charge in [-0.1, -0.05) is 17.3 Å². The summed E-state index contributed by atoms with van der Waals surface area (Å²) >= 11 is 0. The molecule has 1 aromatic carbocycles. The molecule has 0 saturated heterocycles. The second-order valence-electron chi connectivity index (χ2n) is 4.96. The first-order valence-corrected chi connectivity index (χ1v) is 5.85. The summed E-state index contributed by atoms with van der Waals surface area (Å²) in [4.78, 5) is 18.4. The second-order valence-corrected chi connectivity index (χ2v) is 4.96. The van der Waals surface area contributed by atoms with E-state index in [1.165, 1.54) is 24.1 Å². The van der Waals surface area contributed by atoms with Crippen LogP contribution in [0.5, 0.6) is 0 Å². The fourth-order valence-electron chi connectivity index (χ4n) is 1.81. The molecule has 4 nitrogen and oxygen atoms in total. The number of alkyl halides is 3. The lowest BCUT2D eigenvalue weighted by Gasteiger charge is -2.32. The summed E-state index contributed by atoms with van der Waals surface area (Å²) in [6.07, 6.45) is -4.40. The van der Waals surface area contributed by atoms with E-state index in [1.807, 2.05) is 0 Å². The van der Waals surface area contributed by atoms with Crippen molar-refractivity contribution in [3.05, 3.63) is 35.4 Å². The first-order valence-electron chi connectivity index (χ1n) is 5.85. The van der Waals surface area contributed by atoms with Gasteiger partial charge >= 0.3 is 6.18 Å². The van der Waals surface area contributed by atoms with Crippen molar-refractivity contribution in [2.75, 3.05) is 7.05 Å². The molecule has 0 atom stereocenters. The molecule has 1 aliphatic rings. The molecule has 0 unspecified atom stereocenters. The van der Waals surface area contributed by atoms with E-state index in [4.69, 9.17) is 4.84 Å². The normalized spacial score (nSPS) is 18.6. The highest BCUT2D eigenvalue weighted by Crippen LogP contribution is 2.29. The zero-order valence-electron chi connectivity index (χ0n) is 11.2. The van der Waals surface area contributed by atoms with Gasteiger partial charge in [0.05, 0.1) is 5.56 Å². The Kier molecular flexibility index (Phi) is 3.23. The van der Waals surface area contributed by atoms with Crippen LogP contribution in [0.2, 0.25) is 0 Å². The Morgan fingerprint density at radius 1 is 1.20 bits per heavy atom. The van der Waals surface area contributed by atoms with Gasteiger partial charge < -0.3 is 4.84 Å². The van der Waals surface area contributed by atoms with Crippen molar-refractivity contribution in [2.24, 2.45) is 5.16 Å². The molecule has 0 spiro atoms. The molecular weight excluding hydrogens is 273 g/mol. The lowest BCUT2D eigenvalue weighted by Crippen LogP contribution is -2.51. The van der Waals surface area contributed by atoms with Crippen LogP contribution in [0.1, 0.15) is 25.0 Å². The Hall–Kier alpha value is -2.05. The van der Waals surface area contributed by atoms with E-state index in [9.17, 15) is 18.0 Å². The lowest BCUT2D eigenvalue weighted by molar-refractivity contribution is -0.153. The van der Waals surface area contributed by atoms with Crippen LogP contribution >= 0.6 is 0 Å². The predicted octanol–water partition coefficient (Wildman–Crippen LogP) is 2.63.